The Morgan fingerprint density at radius 3 is 2.43 bits per heavy atom. The molecular formula is C18H29N3O2. The highest BCUT2D eigenvalue weighted by Crippen LogP contribution is 2.28. The first-order valence-electron chi connectivity index (χ1n) is 8.39. The largest absolute Gasteiger partial charge is 0.492 e. The number of ether oxygens (including phenoxy) is 1. The topological polar surface area (TPSA) is 44.8 Å². The molecule has 0 aromatic heterocycles. The second-order valence-corrected chi connectivity index (χ2v) is 6.96. The van der Waals surface area contributed by atoms with Crippen molar-refractivity contribution in [2.45, 2.75) is 33.2 Å². The Balaban J connectivity index is 1.88. The van der Waals surface area contributed by atoms with Crippen LogP contribution in [-0.4, -0.2) is 55.7 Å². The summed E-state index contributed by atoms with van der Waals surface area (Å²) >= 11 is 0. The van der Waals surface area contributed by atoms with Crippen LogP contribution in [0.5, 0.6) is 5.75 Å². The van der Waals surface area contributed by atoms with Crippen LogP contribution in [-0.2, 0) is 4.79 Å². The van der Waals surface area contributed by atoms with E-state index in [1.807, 2.05) is 45.9 Å². The minimum absolute atomic E-state index is 0.0978. The fourth-order valence-electron chi connectivity index (χ4n) is 2.80. The van der Waals surface area contributed by atoms with E-state index in [0.717, 1.165) is 37.6 Å². The Kier molecular flexibility index (Phi) is 5.88. The molecule has 1 amide bonds. The van der Waals surface area contributed by atoms with E-state index in [-0.39, 0.29) is 11.4 Å². The monoisotopic (exact) mass is 319 g/mol. The molecule has 1 aliphatic heterocycles. The summed E-state index contributed by atoms with van der Waals surface area (Å²) in [6.07, 6.45) is 0. The maximum Gasteiger partial charge on any atom is 0.234 e. The number of amides is 1. The fourth-order valence-corrected chi connectivity index (χ4v) is 2.80. The van der Waals surface area contributed by atoms with Crippen LogP contribution < -0.4 is 15.0 Å². The van der Waals surface area contributed by atoms with E-state index in [9.17, 15) is 4.79 Å². The summed E-state index contributed by atoms with van der Waals surface area (Å²) in [4.78, 5) is 16.6. The van der Waals surface area contributed by atoms with Crippen LogP contribution in [0.3, 0.4) is 0 Å². The van der Waals surface area contributed by atoms with Crippen molar-refractivity contribution in [3.05, 3.63) is 24.3 Å². The summed E-state index contributed by atoms with van der Waals surface area (Å²) in [7, 11) is 0. The lowest BCUT2D eigenvalue weighted by Crippen LogP contribution is -2.51. The van der Waals surface area contributed by atoms with Crippen LogP contribution >= 0.6 is 0 Å². The molecular weight excluding hydrogens is 290 g/mol. The number of rotatable bonds is 5. The number of carbonyl (C=O) groups is 1. The predicted molar refractivity (Wildman–Crippen MR) is 94.2 cm³/mol. The quantitative estimate of drug-likeness (QED) is 0.903. The van der Waals surface area contributed by atoms with E-state index in [1.165, 1.54) is 0 Å². The van der Waals surface area contributed by atoms with Crippen molar-refractivity contribution in [1.29, 1.82) is 0 Å². The predicted octanol–water partition coefficient (Wildman–Crippen LogP) is 2.12. The van der Waals surface area contributed by atoms with Gasteiger partial charge in [-0.25, -0.2) is 0 Å². The highest BCUT2D eigenvalue weighted by Gasteiger charge is 2.22. The maximum absolute atomic E-state index is 12.0. The van der Waals surface area contributed by atoms with E-state index >= 15 is 0 Å². The standard InChI is InChI=1S/C18H29N3O2/c1-5-23-16-9-7-6-8-15(16)21-12-10-20(11-13-21)14-17(22)19-18(2,3)4/h6-9H,5,10-14H2,1-4H3,(H,19,22). The van der Waals surface area contributed by atoms with Gasteiger partial charge in [-0.05, 0) is 39.8 Å². The molecule has 0 saturated carbocycles. The number of carbonyl (C=O) groups excluding carboxylic acids is 1. The average molecular weight is 319 g/mol. The summed E-state index contributed by atoms with van der Waals surface area (Å²) < 4.78 is 5.72. The Bertz CT molecular complexity index is 517. The second kappa shape index (κ2) is 7.68. The van der Waals surface area contributed by atoms with Crippen molar-refractivity contribution >= 4 is 11.6 Å². The number of piperazine rings is 1. The Labute approximate surface area is 139 Å². The van der Waals surface area contributed by atoms with Crippen molar-refractivity contribution in [2.75, 3.05) is 44.2 Å². The molecule has 1 saturated heterocycles. The van der Waals surface area contributed by atoms with E-state index < -0.39 is 0 Å². The van der Waals surface area contributed by atoms with Gasteiger partial charge >= 0.3 is 0 Å². The normalized spacial score (nSPS) is 16.3. The van der Waals surface area contributed by atoms with Crippen molar-refractivity contribution in [2.24, 2.45) is 0 Å². The molecule has 1 aliphatic rings. The molecule has 1 N–H and O–H groups in total. The summed E-state index contributed by atoms with van der Waals surface area (Å²) in [5.41, 5.74) is 0.975. The third-order valence-corrected chi connectivity index (χ3v) is 3.76. The molecule has 5 heteroatoms. The smallest absolute Gasteiger partial charge is 0.234 e. The van der Waals surface area contributed by atoms with Gasteiger partial charge in [0, 0.05) is 31.7 Å². The van der Waals surface area contributed by atoms with Gasteiger partial charge in [0.25, 0.3) is 0 Å². The number of nitrogens with one attached hydrogen (secondary N) is 1. The van der Waals surface area contributed by atoms with Gasteiger partial charge in [0.05, 0.1) is 18.8 Å². The summed E-state index contributed by atoms with van der Waals surface area (Å²) in [5, 5.41) is 3.02. The molecule has 0 unspecified atom stereocenters. The van der Waals surface area contributed by atoms with Gasteiger partial charge in [0.1, 0.15) is 5.75 Å². The number of hydrogen-bond donors (Lipinski definition) is 1. The zero-order valence-corrected chi connectivity index (χ0v) is 14.8. The number of nitrogens with zero attached hydrogens (tertiary/aromatic N) is 2. The number of anilines is 1. The van der Waals surface area contributed by atoms with Crippen LogP contribution in [0, 0.1) is 0 Å². The van der Waals surface area contributed by atoms with Gasteiger partial charge in [-0.2, -0.15) is 0 Å². The van der Waals surface area contributed by atoms with Crippen LogP contribution in [0.15, 0.2) is 24.3 Å². The van der Waals surface area contributed by atoms with Gasteiger partial charge < -0.3 is 15.0 Å². The minimum Gasteiger partial charge on any atom is -0.492 e. The molecule has 0 atom stereocenters. The van der Waals surface area contributed by atoms with Crippen LogP contribution in [0.25, 0.3) is 0 Å². The lowest BCUT2D eigenvalue weighted by atomic mass is 10.1. The molecule has 128 valence electrons. The molecule has 1 aromatic carbocycles. The molecule has 0 aliphatic carbocycles. The highest BCUT2D eigenvalue weighted by atomic mass is 16.5. The first-order chi connectivity index (χ1) is 10.9. The highest BCUT2D eigenvalue weighted by molar-refractivity contribution is 5.78. The van der Waals surface area contributed by atoms with Gasteiger partial charge in [-0.15, -0.1) is 0 Å². The van der Waals surface area contributed by atoms with Gasteiger partial charge in [-0.1, -0.05) is 12.1 Å². The fraction of sp³-hybridized carbons (Fsp3) is 0.611. The Hall–Kier alpha value is -1.75. The molecule has 1 heterocycles. The minimum atomic E-state index is -0.171. The number of benzene rings is 1. The van der Waals surface area contributed by atoms with Crippen molar-refractivity contribution in [3.63, 3.8) is 0 Å². The zero-order valence-electron chi connectivity index (χ0n) is 14.8. The molecule has 0 bridgehead atoms. The lowest BCUT2D eigenvalue weighted by Gasteiger charge is -2.36. The Morgan fingerprint density at radius 1 is 1.17 bits per heavy atom. The van der Waals surface area contributed by atoms with Crippen molar-refractivity contribution in [3.8, 4) is 5.75 Å². The van der Waals surface area contributed by atoms with Crippen LogP contribution in [0.1, 0.15) is 27.7 Å². The molecule has 1 fully saturated rings. The van der Waals surface area contributed by atoms with E-state index in [2.05, 4.69) is 21.2 Å². The third kappa shape index (κ3) is 5.43. The van der Waals surface area contributed by atoms with E-state index in [1.54, 1.807) is 0 Å². The van der Waals surface area contributed by atoms with Crippen LogP contribution in [0.4, 0.5) is 5.69 Å². The van der Waals surface area contributed by atoms with Crippen LogP contribution in [0.2, 0.25) is 0 Å². The summed E-state index contributed by atoms with van der Waals surface area (Å²) in [5.74, 6) is 1.04. The SMILES string of the molecule is CCOc1ccccc1N1CCN(CC(=O)NC(C)(C)C)CC1. The van der Waals surface area contributed by atoms with Gasteiger partial charge in [-0.3, -0.25) is 9.69 Å². The van der Waals surface area contributed by atoms with Crippen molar-refractivity contribution < 1.29 is 9.53 Å². The molecule has 5 nitrogen and oxygen atoms in total. The van der Waals surface area contributed by atoms with Crippen molar-refractivity contribution in [1.82, 2.24) is 10.2 Å². The summed E-state index contributed by atoms with van der Waals surface area (Å²) in [6, 6.07) is 8.16. The summed E-state index contributed by atoms with van der Waals surface area (Å²) in [6.45, 7) is 12.8. The average Bonchev–Trinajstić information content (AvgIpc) is 2.47. The number of para-hydroxylation sites is 2. The molecule has 0 radical (unpaired) electrons. The first kappa shape index (κ1) is 17.6. The zero-order chi connectivity index (χ0) is 16.9. The van der Waals surface area contributed by atoms with Gasteiger partial charge in [0.15, 0.2) is 0 Å². The maximum atomic E-state index is 12.0. The number of hydrogen-bond acceptors (Lipinski definition) is 4. The molecule has 1 aromatic rings. The lowest BCUT2D eigenvalue weighted by molar-refractivity contribution is -0.123. The van der Waals surface area contributed by atoms with E-state index in [0.29, 0.717) is 13.2 Å². The van der Waals surface area contributed by atoms with E-state index in [4.69, 9.17) is 4.74 Å². The Morgan fingerprint density at radius 2 is 1.83 bits per heavy atom. The molecule has 23 heavy (non-hydrogen) atoms. The molecule has 0 spiro atoms. The first-order valence-corrected chi connectivity index (χ1v) is 8.39. The van der Waals surface area contributed by atoms with Gasteiger partial charge in [0.2, 0.25) is 5.91 Å². The molecule has 2 rings (SSSR count). The third-order valence-electron chi connectivity index (χ3n) is 3.76. The second-order valence-electron chi connectivity index (χ2n) is 6.96.